The maximum Gasteiger partial charge on any atom is 0.405 e. The molecule has 0 aliphatic heterocycles. The smallest absolute Gasteiger partial charge is 0.405 e. The Bertz CT molecular complexity index is 959. The fraction of sp³-hybridized carbons (Fsp3) is 0.0952. The van der Waals surface area contributed by atoms with Gasteiger partial charge in [-0.2, -0.15) is 0 Å². The number of nitrogens with two attached hydrogens (primary N) is 2. The number of nitrogen functional groups attached to an aromatic ring is 1. The largest absolute Gasteiger partial charge is 0.441 e. The summed E-state index contributed by atoms with van der Waals surface area (Å²) in [6.07, 6.45) is 2.34. The van der Waals surface area contributed by atoms with Crippen molar-refractivity contribution in [3.63, 3.8) is 0 Å². The fourth-order valence-electron chi connectivity index (χ4n) is 2.76. The van der Waals surface area contributed by atoms with Gasteiger partial charge in [-0.15, -0.1) is 0 Å². The van der Waals surface area contributed by atoms with Gasteiger partial charge >= 0.3 is 6.09 Å². The molecule has 2 amide bonds. The second-order valence-corrected chi connectivity index (χ2v) is 6.15. The van der Waals surface area contributed by atoms with Crippen molar-refractivity contribution in [3.05, 3.63) is 89.7 Å². The highest BCUT2D eigenvalue weighted by Crippen LogP contribution is 2.23. The number of carbonyl (C=O) groups excluding carboxylic acids is 2. The predicted molar refractivity (Wildman–Crippen MR) is 107 cm³/mol. The van der Waals surface area contributed by atoms with Crippen LogP contribution < -0.4 is 16.8 Å². The molecule has 0 saturated carbocycles. The second kappa shape index (κ2) is 8.68. The van der Waals surface area contributed by atoms with Crippen LogP contribution in [0.25, 0.3) is 0 Å². The second-order valence-electron chi connectivity index (χ2n) is 6.15. The van der Waals surface area contributed by atoms with Crippen LogP contribution >= 0.6 is 0 Å². The van der Waals surface area contributed by atoms with Gasteiger partial charge in [-0.3, -0.25) is 9.78 Å². The molecular weight excluding hydrogens is 356 g/mol. The molecule has 7 nitrogen and oxygen atoms in total. The molecule has 0 aliphatic rings. The number of amides is 2. The lowest BCUT2D eigenvalue weighted by Crippen LogP contribution is -2.19. The normalized spacial score (nSPS) is 11.4. The number of hydrogen-bond donors (Lipinski definition) is 3. The molecule has 142 valence electrons. The number of primary amides is 1. The van der Waals surface area contributed by atoms with Crippen LogP contribution in [0, 0.1) is 0 Å². The first-order chi connectivity index (χ1) is 13.5. The minimum atomic E-state index is -0.865. The molecule has 7 heteroatoms. The van der Waals surface area contributed by atoms with Crippen molar-refractivity contribution in [2.45, 2.75) is 12.5 Å². The summed E-state index contributed by atoms with van der Waals surface area (Å²) >= 11 is 0. The van der Waals surface area contributed by atoms with Crippen LogP contribution in [0.5, 0.6) is 0 Å². The maximum absolute atomic E-state index is 12.4. The molecule has 1 atom stereocenters. The fourth-order valence-corrected chi connectivity index (χ4v) is 2.76. The van der Waals surface area contributed by atoms with Crippen molar-refractivity contribution in [1.82, 2.24) is 4.98 Å². The van der Waals surface area contributed by atoms with Crippen LogP contribution in [0.15, 0.2) is 73.1 Å². The van der Waals surface area contributed by atoms with Crippen LogP contribution in [0.2, 0.25) is 0 Å². The zero-order valence-corrected chi connectivity index (χ0v) is 15.0. The zero-order valence-electron chi connectivity index (χ0n) is 15.0. The number of hydrogen-bond acceptors (Lipinski definition) is 5. The van der Waals surface area contributed by atoms with Crippen LogP contribution in [-0.2, 0) is 11.2 Å². The van der Waals surface area contributed by atoms with Gasteiger partial charge in [-0.05, 0) is 41.5 Å². The first-order valence-electron chi connectivity index (χ1n) is 8.64. The van der Waals surface area contributed by atoms with Gasteiger partial charge in [0.1, 0.15) is 6.10 Å². The molecule has 3 aromatic rings. The van der Waals surface area contributed by atoms with E-state index in [1.54, 1.807) is 67.0 Å². The van der Waals surface area contributed by atoms with Gasteiger partial charge in [0.15, 0.2) is 0 Å². The average Bonchev–Trinajstić information content (AvgIpc) is 2.70. The van der Waals surface area contributed by atoms with E-state index in [-0.39, 0.29) is 5.91 Å². The van der Waals surface area contributed by atoms with E-state index in [1.807, 2.05) is 6.07 Å². The number of rotatable bonds is 6. The Kier molecular flexibility index (Phi) is 5.86. The highest BCUT2D eigenvalue weighted by molar-refractivity contribution is 6.05. The lowest BCUT2D eigenvalue weighted by atomic mass is 10.0. The zero-order chi connectivity index (χ0) is 19.9. The molecule has 28 heavy (non-hydrogen) atoms. The van der Waals surface area contributed by atoms with E-state index in [0.717, 1.165) is 11.1 Å². The Morgan fingerprint density at radius 3 is 2.43 bits per heavy atom. The standard InChI is InChI=1S/C21H20N4O3/c22-17-5-1-2-6-18(17)25-20(26)16-9-7-15(8-10-16)19(28-21(23)27)12-14-4-3-11-24-13-14/h1-11,13,19H,12,22H2,(H2,23,27)(H,25,26). The number of anilines is 2. The van der Waals surface area contributed by atoms with E-state index < -0.39 is 12.2 Å². The summed E-state index contributed by atoms with van der Waals surface area (Å²) in [4.78, 5) is 27.8. The van der Waals surface area contributed by atoms with Gasteiger partial charge in [0, 0.05) is 24.4 Å². The average molecular weight is 376 g/mol. The molecule has 0 radical (unpaired) electrons. The minimum absolute atomic E-state index is 0.288. The van der Waals surface area contributed by atoms with Gasteiger partial charge in [0.2, 0.25) is 0 Å². The number of aromatic nitrogens is 1. The number of nitrogens with one attached hydrogen (secondary N) is 1. The van der Waals surface area contributed by atoms with Gasteiger partial charge in [0.25, 0.3) is 5.91 Å². The number of pyridine rings is 1. The summed E-state index contributed by atoms with van der Waals surface area (Å²) in [6.45, 7) is 0. The van der Waals surface area contributed by atoms with Gasteiger partial charge in [0.05, 0.1) is 11.4 Å². The van der Waals surface area contributed by atoms with E-state index in [0.29, 0.717) is 23.4 Å². The number of nitrogens with zero attached hydrogens (tertiary/aromatic N) is 1. The van der Waals surface area contributed by atoms with Crippen molar-refractivity contribution in [1.29, 1.82) is 0 Å². The summed E-state index contributed by atoms with van der Waals surface area (Å²) in [6, 6.07) is 17.5. The monoisotopic (exact) mass is 376 g/mol. The molecule has 1 heterocycles. The first-order valence-corrected chi connectivity index (χ1v) is 8.64. The topological polar surface area (TPSA) is 120 Å². The molecule has 0 fully saturated rings. The van der Waals surface area contributed by atoms with Crippen LogP contribution in [0.4, 0.5) is 16.2 Å². The highest BCUT2D eigenvalue weighted by atomic mass is 16.6. The summed E-state index contributed by atoms with van der Waals surface area (Å²) < 4.78 is 5.25. The Balaban J connectivity index is 1.75. The van der Waals surface area contributed by atoms with Gasteiger partial charge in [-0.25, -0.2) is 4.79 Å². The minimum Gasteiger partial charge on any atom is -0.441 e. The molecule has 2 aromatic carbocycles. The third-order valence-electron chi connectivity index (χ3n) is 4.16. The third-order valence-corrected chi connectivity index (χ3v) is 4.16. The Labute approximate surface area is 162 Å². The van der Waals surface area contributed by atoms with E-state index in [4.69, 9.17) is 16.2 Å². The number of carbonyl (C=O) groups is 2. The van der Waals surface area contributed by atoms with E-state index in [1.165, 1.54) is 0 Å². The highest BCUT2D eigenvalue weighted by Gasteiger charge is 2.17. The Hall–Kier alpha value is -3.87. The van der Waals surface area contributed by atoms with Crippen molar-refractivity contribution in [2.24, 2.45) is 5.73 Å². The van der Waals surface area contributed by atoms with E-state index >= 15 is 0 Å². The SMILES string of the molecule is NC(=O)OC(Cc1cccnc1)c1ccc(C(=O)Nc2ccccc2N)cc1. The first kappa shape index (κ1) is 18.9. The summed E-state index contributed by atoms with van der Waals surface area (Å²) in [5.74, 6) is -0.288. The van der Waals surface area contributed by atoms with Gasteiger partial charge < -0.3 is 21.5 Å². The number of para-hydroxylation sites is 2. The van der Waals surface area contributed by atoms with Crippen molar-refractivity contribution in [2.75, 3.05) is 11.1 Å². The summed E-state index contributed by atoms with van der Waals surface area (Å²) in [5, 5.41) is 2.77. The molecule has 0 aliphatic carbocycles. The molecular formula is C21H20N4O3. The predicted octanol–water partition coefficient (Wildman–Crippen LogP) is 3.30. The van der Waals surface area contributed by atoms with Crippen LogP contribution in [0.1, 0.15) is 27.6 Å². The molecule has 0 saturated heterocycles. The summed E-state index contributed by atoms with van der Waals surface area (Å²) in [7, 11) is 0. The molecule has 1 aromatic heterocycles. The molecule has 0 spiro atoms. The van der Waals surface area contributed by atoms with Crippen molar-refractivity contribution in [3.8, 4) is 0 Å². The molecule has 1 unspecified atom stereocenters. The lowest BCUT2D eigenvalue weighted by Gasteiger charge is -2.17. The molecule has 3 rings (SSSR count). The van der Waals surface area contributed by atoms with Crippen molar-refractivity contribution >= 4 is 23.4 Å². The van der Waals surface area contributed by atoms with E-state index in [9.17, 15) is 9.59 Å². The van der Waals surface area contributed by atoms with Crippen LogP contribution in [-0.4, -0.2) is 17.0 Å². The Morgan fingerprint density at radius 2 is 1.79 bits per heavy atom. The van der Waals surface area contributed by atoms with Gasteiger partial charge in [-0.1, -0.05) is 30.3 Å². The lowest BCUT2D eigenvalue weighted by molar-refractivity contribution is 0.102. The summed E-state index contributed by atoms with van der Waals surface area (Å²) in [5.41, 5.74) is 14.2. The molecule has 0 bridgehead atoms. The Morgan fingerprint density at radius 1 is 1.04 bits per heavy atom. The quantitative estimate of drug-likeness (QED) is 0.570. The van der Waals surface area contributed by atoms with Crippen molar-refractivity contribution < 1.29 is 14.3 Å². The molecule has 5 N–H and O–H groups in total. The number of benzene rings is 2. The maximum atomic E-state index is 12.4. The van der Waals surface area contributed by atoms with E-state index in [2.05, 4.69) is 10.3 Å². The van der Waals surface area contributed by atoms with Crippen LogP contribution in [0.3, 0.4) is 0 Å². The third kappa shape index (κ3) is 4.85. The number of ether oxygens (including phenoxy) is 1.